The Kier molecular flexibility index (Phi) is 7.63. The fourth-order valence-corrected chi connectivity index (χ4v) is 3.99. The minimum atomic E-state index is -4.81. The van der Waals surface area contributed by atoms with Crippen molar-refractivity contribution in [1.29, 1.82) is 5.26 Å². The highest BCUT2D eigenvalue weighted by Gasteiger charge is 2.38. The molecule has 0 spiro atoms. The Morgan fingerprint density at radius 1 is 1.15 bits per heavy atom. The number of anilines is 1. The summed E-state index contributed by atoms with van der Waals surface area (Å²) in [5.74, 6) is -2.58. The van der Waals surface area contributed by atoms with Crippen LogP contribution in [0.4, 0.5) is 18.9 Å². The molecular formula is C24H19ClF3N9O2. The lowest BCUT2D eigenvalue weighted by Gasteiger charge is -2.15. The van der Waals surface area contributed by atoms with Crippen LogP contribution in [0.15, 0.2) is 42.5 Å². The van der Waals surface area contributed by atoms with Gasteiger partial charge in [0.1, 0.15) is 5.69 Å². The summed E-state index contributed by atoms with van der Waals surface area (Å²) in [6.45, 7) is 3.14. The van der Waals surface area contributed by atoms with Crippen LogP contribution in [0.1, 0.15) is 50.4 Å². The van der Waals surface area contributed by atoms with Crippen LogP contribution in [-0.4, -0.2) is 48.3 Å². The molecule has 4 aromatic rings. The zero-order chi connectivity index (χ0) is 28.3. The number of amides is 2. The third kappa shape index (κ3) is 5.73. The van der Waals surface area contributed by atoms with Gasteiger partial charge in [0.15, 0.2) is 0 Å². The van der Waals surface area contributed by atoms with E-state index in [0.29, 0.717) is 16.8 Å². The molecule has 0 bridgehead atoms. The van der Waals surface area contributed by atoms with E-state index in [1.807, 2.05) is 6.07 Å². The quantitative estimate of drug-likeness (QED) is 0.352. The molecule has 0 aliphatic heterocycles. The van der Waals surface area contributed by atoms with Crippen molar-refractivity contribution in [3.8, 4) is 11.8 Å². The molecular weight excluding hydrogens is 539 g/mol. The molecule has 2 aromatic heterocycles. The molecule has 2 amide bonds. The Labute approximate surface area is 224 Å². The number of hydrogen-bond donors (Lipinski definition) is 2. The first-order valence-electron chi connectivity index (χ1n) is 11.3. The Balaban J connectivity index is 1.79. The summed E-state index contributed by atoms with van der Waals surface area (Å²) < 4.78 is 41.5. The molecule has 0 aliphatic carbocycles. The van der Waals surface area contributed by atoms with Gasteiger partial charge in [0.05, 0.1) is 45.8 Å². The number of para-hydroxylation sites is 1. The Morgan fingerprint density at radius 2 is 1.90 bits per heavy atom. The minimum absolute atomic E-state index is 0.0263. The van der Waals surface area contributed by atoms with Crippen LogP contribution >= 0.6 is 11.6 Å². The lowest BCUT2D eigenvalue weighted by Crippen LogP contribution is -2.26. The number of aromatic nitrogens is 6. The van der Waals surface area contributed by atoms with Crippen molar-refractivity contribution in [2.75, 3.05) is 11.9 Å². The molecule has 200 valence electrons. The minimum Gasteiger partial charge on any atom is -0.352 e. The second kappa shape index (κ2) is 10.9. The van der Waals surface area contributed by atoms with E-state index >= 15 is 0 Å². The number of halogens is 4. The lowest BCUT2D eigenvalue weighted by molar-refractivity contribution is -0.147. The van der Waals surface area contributed by atoms with Crippen molar-refractivity contribution in [2.45, 2.75) is 26.6 Å². The number of nitriles is 1. The van der Waals surface area contributed by atoms with Crippen LogP contribution in [0.2, 0.25) is 5.02 Å². The molecule has 0 fully saturated rings. The predicted octanol–water partition coefficient (Wildman–Crippen LogP) is 3.76. The summed E-state index contributed by atoms with van der Waals surface area (Å²) >= 11 is 6.33. The number of nitrogens with zero attached hydrogens (tertiary/aromatic N) is 7. The van der Waals surface area contributed by atoms with Crippen molar-refractivity contribution < 1.29 is 22.8 Å². The number of tetrazole rings is 1. The van der Waals surface area contributed by atoms with Crippen molar-refractivity contribution >= 4 is 29.1 Å². The van der Waals surface area contributed by atoms with Gasteiger partial charge < -0.3 is 10.6 Å². The average molecular weight is 558 g/mol. The van der Waals surface area contributed by atoms with Gasteiger partial charge in [-0.1, -0.05) is 23.7 Å². The first-order valence-corrected chi connectivity index (χ1v) is 11.7. The summed E-state index contributed by atoms with van der Waals surface area (Å²) in [7, 11) is 0. The van der Waals surface area contributed by atoms with Crippen molar-refractivity contribution in [3.63, 3.8) is 0 Å². The first kappa shape index (κ1) is 27.3. The fourth-order valence-electron chi connectivity index (χ4n) is 3.77. The third-order valence-electron chi connectivity index (χ3n) is 5.46. The molecule has 0 radical (unpaired) electrons. The Morgan fingerprint density at radius 3 is 2.56 bits per heavy atom. The molecule has 2 N–H and O–H groups in total. The molecule has 2 aromatic carbocycles. The van der Waals surface area contributed by atoms with E-state index in [4.69, 9.17) is 11.6 Å². The lowest BCUT2D eigenvalue weighted by atomic mass is 10.0. The maximum Gasteiger partial charge on any atom is 0.453 e. The van der Waals surface area contributed by atoms with E-state index in [-0.39, 0.29) is 38.9 Å². The van der Waals surface area contributed by atoms with Crippen LogP contribution in [-0.2, 0) is 12.7 Å². The van der Waals surface area contributed by atoms with Gasteiger partial charge in [-0.25, -0.2) is 9.36 Å². The molecule has 2 heterocycles. The van der Waals surface area contributed by atoms with Crippen molar-refractivity contribution in [2.24, 2.45) is 0 Å². The summed E-state index contributed by atoms with van der Waals surface area (Å²) in [6.07, 6.45) is -4.81. The highest BCUT2D eigenvalue weighted by atomic mass is 35.5. The molecule has 0 saturated heterocycles. The van der Waals surface area contributed by atoms with Crippen molar-refractivity contribution in [1.82, 2.24) is 35.3 Å². The number of alkyl halides is 3. The third-order valence-corrected chi connectivity index (χ3v) is 5.78. The highest BCUT2D eigenvalue weighted by Crippen LogP contribution is 2.28. The van der Waals surface area contributed by atoms with Gasteiger partial charge in [-0.2, -0.15) is 23.5 Å². The SMILES string of the molecule is CCNC(=O)c1cc(C#N)cc(C)c1NC(=O)c1cc(Cn2nnnc2C(F)(F)F)nn1-c1ccccc1Cl. The molecule has 0 unspecified atom stereocenters. The summed E-state index contributed by atoms with van der Waals surface area (Å²) in [6, 6.07) is 12.5. The largest absolute Gasteiger partial charge is 0.453 e. The summed E-state index contributed by atoms with van der Waals surface area (Å²) in [4.78, 5) is 26.3. The molecule has 11 nitrogen and oxygen atoms in total. The first-order chi connectivity index (χ1) is 18.5. The molecule has 39 heavy (non-hydrogen) atoms. The van der Waals surface area contributed by atoms with Gasteiger partial charge in [0, 0.05) is 6.54 Å². The number of hydrogen-bond acceptors (Lipinski definition) is 7. The molecule has 0 atom stereocenters. The standard InChI is InChI=1S/C24H19ClF3N9O2/c1-3-30-21(38)16-9-14(11-29)8-13(2)20(16)31-22(39)19-10-15(12-36-23(24(26,27)28)32-34-35-36)33-37(19)18-7-5-4-6-17(18)25/h4-10H,3,12H2,1-2H3,(H,30,38)(H,31,39). The van der Waals surface area contributed by atoms with Gasteiger partial charge in [-0.05, 0) is 60.2 Å². The number of benzene rings is 2. The number of rotatable bonds is 7. The molecule has 0 saturated carbocycles. The van der Waals surface area contributed by atoms with Crippen LogP contribution < -0.4 is 10.6 Å². The maximum absolute atomic E-state index is 13.6. The average Bonchev–Trinajstić information content (AvgIpc) is 3.53. The van der Waals surface area contributed by atoms with E-state index in [0.717, 1.165) is 0 Å². The molecule has 4 rings (SSSR count). The van der Waals surface area contributed by atoms with Gasteiger partial charge >= 0.3 is 6.18 Å². The Bertz CT molecular complexity index is 1610. The maximum atomic E-state index is 13.6. The van der Waals surface area contributed by atoms with Gasteiger partial charge in [0.2, 0.25) is 0 Å². The normalized spacial score (nSPS) is 11.2. The van der Waals surface area contributed by atoms with Crippen molar-refractivity contribution in [3.05, 3.63) is 81.4 Å². The predicted molar refractivity (Wildman–Crippen MR) is 132 cm³/mol. The Hall–Kier alpha value is -4.77. The monoisotopic (exact) mass is 557 g/mol. The molecule has 15 heteroatoms. The summed E-state index contributed by atoms with van der Waals surface area (Å²) in [5.41, 5.74) is 1.09. The van der Waals surface area contributed by atoms with E-state index in [1.54, 1.807) is 38.1 Å². The van der Waals surface area contributed by atoms with Gasteiger partial charge in [-0.15, -0.1) is 5.10 Å². The second-order valence-corrected chi connectivity index (χ2v) is 8.59. The van der Waals surface area contributed by atoms with Gasteiger partial charge in [0.25, 0.3) is 17.6 Å². The topological polar surface area (TPSA) is 143 Å². The van der Waals surface area contributed by atoms with Crippen LogP contribution in [0, 0.1) is 18.3 Å². The van der Waals surface area contributed by atoms with Crippen LogP contribution in [0.3, 0.4) is 0 Å². The van der Waals surface area contributed by atoms with E-state index < -0.39 is 30.4 Å². The fraction of sp³-hybridized carbons (Fsp3) is 0.208. The van der Waals surface area contributed by atoms with E-state index in [2.05, 4.69) is 31.3 Å². The zero-order valence-electron chi connectivity index (χ0n) is 20.4. The highest BCUT2D eigenvalue weighted by molar-refractivity contribution is 6.32. The van der Waals surface area contributed by atoms with E-state index in [9.17, 15) is 28.0 Å². The summed E-state index contributed by atoms with van der Waals surface area (Å²) in [5, 5.41) is 28.7. The van der Waals surface area contributed by atoms with Crippen LogP contribution in [0.25, 0.3) is 5.69 Å². The van der Waals surface area contributed by atoms with Gasteiger partial charge in [-0.3, -0.25) is 9.59 Å². The zero-order valence-corrected chi connectivity index (χ0v) is 21.2. The number of carbonyl (C=O) groups is 2. The van der Waals surface area contributed by atoms with E-state index in [1.165, 1.54) is 22.9 Å². The van der Waals surface area contributed by atoms with Crippen LogP contribution in [0.5, 0.6) is 0 Å². The number of carbonyl (C=O) groups excluding carboxylic acids is 2. The number of nitrogens with one attached hydrogen (secondary N) is 2. The smallest absolute Gasteiger partial charge is 0.352 e. The molecule has 0 aliphatic rings. The second-order valence-electron chi connectivity index (χ2n) is 8.18. The number of aryl methyl sites for hydroxylation is 1.